The molecule has 0 aliphatic heterocycles. The Morgan fingerprint density at radius 1 is 0.290 bits per heavy atom. The molecule has 0 aliphatic rings. The lowest BCUT2D eigenvalue weighted by atomic mass is 9.99. The van der Waals surface area contributed by atoms with Gasteiger partial charge in [0, 0.05) is 19.3 Å². The number of carbonyl (C=O) groups is 3. The SMILES string of the molecule is CCCCCCCCCCCCCCCCCCCCCC(=O)OC[C@H](COC(=O)CCCCCCCCC(C)CC)OC(=O)CCCCCCCCCCCCCCCCCCCCC(C)CC. The molecule has 0 saturated heterocycles. The van der Waals surface area contributed by atoms with Crippen LogP contribution in [0.1, 0.15) is 356 Å². The van der Waals surface area contributed by atoms with E-state index in [-0.39, 0.29) is 31.1 Å². The first-order valence-electron chi connectivity index (χ1n) is 31.3. The Morgan fingerprint density at radius 2 is 0.507 bits per heavy atom. The quantitative estimate of drug-likeness (QED) is 0.0343. The predicted molar refractivity (Wildman–Crippen MR) is 298 cm³/mol. The molecule has 0 rings (SSSR count). The van der Waals surface area contributed by atoms with Crippen molar-refractivity contribution in [3.8, 4) is 0 Å². The Bertz CT molecular complexity index is 1060. The van der Waals surface area contributed by atoms with Crippen molar-refractivity contribution >= 4 is 17.9 Å². The Kier molecular flexibility index (Phi) is 54.4. The van der Waals surface area contributed by atoms with E-state index < -0.39 is 6.10 Å². The van der Waals surface area contributed by atoms with E-state index in [9.17, 15) is 14.4 Å². The van der Waals surface area contributed by atoms with Gasteiger partial charge in [0.05, 0.1) is 0 Å². The number of esters is 3. The highest BCUT2D eigenvalue weighted by molar-refractivity contribution is 5.71. The van der Waals surface area contributed by atoms with Crippen molar-refractivity contribution in [2.75, 3.05) is 13.2 Å². The molecule has 0 aromatic carbocycles. The lowest BCUT2D eigenvalue weighted by Gasteiger charge is -2.18. The minimum absolute atomic E-state index is 0.0630. The average Bonchev–Trinajstić information content (AvgIpc) is 3.35. The number of hydrogen-bond acceptors (Lipinski definition) is 6. The van der Waals surface area contributed by atoms with Crippen LogP contribution < -0.4 is 0 Å². The van der Waals surface area contributed by atoms with Crippen LogP contribution in [0, 0.1) is 11.8 Å². The summed E-state index contributed by atoms with van der Waals surface area (Å²) in [6.07, 6.45) is 61.1. The van der Waals surface area contributed by atoms with Crippen LogP contribution in [0.15, 0.2) is 0 Å². The van der Waals surface area contributed by atoms with Crippen LogP contribution in [0.2, 0.25) is 0 Å². The molecule has 3 atom stereocenters. The summed E-state index contributed by atoms with van der Waals surface area (Å²) < 4.78 is 16.9. The monoisotopic (exact) mass is 975 g/mol. The molecular formula is C63H122O6. The van der Waals surface area contributed by atoms with Crippen molar-refractivity contribution in [1.82, 2.24) is 0 Å². The van der Waals surface area contributed by atoms with Gasteiger partial charge in [-0.3, -0.25) is 14.4 Å². The highest BCUT2D eigenvalue weighted by Crippen LogP contribution is 2.19. The molecular weight excluding hydrogens is 853 g/mol. The maximum Gasteiger partial charge on any atom is 0.306 e. The van der Waals surface area contributed by atoms with E-state index in [1.165, 1.54) is 244 Å². The fourth-order valence-corrected chi connectivity index (χ4v) is 9.69. The van der Waals surface area contributed by atoms with Crippen LogP contribution in [-0.4, -0.2) is 37.2 Å². The molecule has 0 amide bonds. The van der Waals surface area contributed by atoms with Gasteiger partial charge in [0.1, 0.15) is 13.2 Å². The van der Waals surface area contributed by atoms with Crippen molar-refractivity contribution < 1.29 is 28.6 Å². The van der Waals surface area contributed by atoms with Crippen LogP contribution in [-0.2, 0) is 28.6 Å². The van der Waals surface area contributed by atoms with Crippen molar-refractivity contribution in [3.05, 3.63) is 0 Å². The van der Waals surface area contributed by atoms with Crippen LogP contribution in [0.3, 0.4) is 0 Å². The van der Waals surface area contributed by atoms with Crippen LogP contribution in [0.4, 0.5) is 0 Å². The lowest BCUT2D eigenvalue weighted by Crippen LogP contribution is -2.30. The first-order chi connectivity index (χ1) is 33.8. The van der Waals surface area contributed by atoms with Crippen molar-refractivity contribution in [2.24, 2.45) is 11.8 Å². The first-order valence-corrected chi connectivity index (χ1v) is 31.3. The third-order valence-electron chi connectivity index (χ3n) is 15.2. The topological polar surface area (TPSA) is 78.9 Å². The van der Waals surface area contributed by atoms with Crippen molar-refractivity contribution in [3.63, 3.8) is 0 Å². The molecule has 0 aromatic heterocycles. The summed E-state index contributed by atoms with van der Waals surface area (Å²) in [5.41, 5.74) is 0. The van der Waals surface area contributed by atoms with Gasteiger partial charge in [-0.25, -0.2) is 0 Å². The zero-order valence-corrected chi connectivity index (χ0v) is 47.5. The summed E-state index contributed by atoms with van der Waals surface area (Å²) in [6, 6.07) is 0. The van der Waals surface area contributed by atoms with Crippen LogP contribution >= 0.6 is 0 Å². The maximum atomic E-state index is 12.9. The van der Waals surface area contributed by atoms with Gasteiger partial charge in [0.15, 0.2) is 6.10 Å². The standard InChI is InChI=1S/C63H122O6/c1-6-9-10-11-12-13-14-15-16-17-18-22-25-28-31-34-37-43-48-53-61(64)67-56-60(57-68-62(65)54-49-44-40-39-42-47-52-59(5)8-3)69-63(66)55-50-45-38-35-32-29-26-23-20-19-21-24-27-30-33-36-41-46-51-58(4)7-2/h58-60H,6-57H2,1-5H3/t58?,59?,60-/m1/s1. The van der Waals surface area contributed by atoms with E-state index in [0.29, 0.717) is 19.3 Å². The van der Waals surface area contributed by atoms with Crippen molar-refractivity contribution in [2.45, 2.75) is 362 Å². The van der Waals surface area contributed by atoms with Crippen LogP contribution in [0.25, 0.3) is 0 Å². The fourth-order valence-electron chi connectivity index (χ4n) is 9.69. The number of carbonyl (C=O) groups excluding carboxylic acids is 3. The summed E-state index contributed by atoms with van der Waals surface area (Å²) in [5.74, 6) is 0.884. The smallest absolute Gasteiger partial charge is 0.306 e. The van der Waals surface area contributed by atoms with Gasteiger partial charge in [-0.2, -0.15) is 0 Å². The molecule has 0 bridgehead atoms. The zero-order valence-electron chi connectivity index (χ0n) is 47.5. The molecule has 0 spiro atoms. The number of unbranched alkanes of at least 4 members (excludes halogenated alkanes) is 40. The lowest BCUT2D eigenvalue weighted by molar-refractivity contribution is -0.167. The Balaban J connectivity index is 4.20. The Morgan fingerprint density at radius 3 is 0.754 bits per heavy atom. The molecule has 410 valence electrons. The average molecular weight is 976 g/mol. The zero-order chi connectivity index (χ0) is 50.4. The van der Waals surface area contributed by atoms with E-state index in [1.54, 1.807) is 0 Å². The normalized spacial score (nSPS) is 12.8. The fraction of sp³-hybridized carbons (Fsp3) is 0.952. The second-order valence-electron chi connectivity index (χ2n) is 22.2. The summed E-state index contributed by atoms with van der Waals surface area (Å²) in [4.78, 5) is 38.2. The Hall–Kier alpha value is -1.59. The summed E-state index contributed by atoms with van der Waals surface area (Å²) in [7, 11) is 0. The number of hydrogen-bond donors (Lipinski definition) is 0. The van der Waals surface area contributed by atoms with Gasteiger partial charge in [0.2, 0.25) is 0 Å². The summed E-state index contributed by atoms with van der Waals surface area (Å²) in [5, 5.41) is 0. The number of rotatable bonds is 57. The molecule has 0 saturated carbocycles. The third-order valence-corrected chi connectivity index (χ3v) is 15.2. The minimum atomic E-state index is -0.764. The van der Waals surface area contributed by atoms with Gasteiger partial charge in [-0.1, -0.05) is 317 Å². The summed E-state index contributed by atoms with van der Waals surface area (Å²) >= 11 is 0. The van der Waals surface area contributed by atoms with Gasteiger partial charge in [0.25, 0.3) is 0 Å². The van der Waals surface area contributed by atoms with E-state index in [0.717, 1.165) is 69.6 Å². The molecule has 0 fully saturated rings. The molecule has 6 nitrogen and oxygen atoms in total. The predicted octanol–water partition coefficient (Wildman–Crippen LogP) is 20.8. The first kappa shape index (κ1) is 67.4. The highest BCUT2D eigenvalue weighted by atomic mass is 16.6. The molecule has 0 aliphatic carbocycles. The van der Waals surface area contributed by atoms with Crippen molar-refractivity contribution in [1.29, 1.82) is 0 Å². The molecule has 2 unspecified atom stereocenters. The second-order valence-corrected chi connectivity index (χ2v) is 22.2. The second kappa shape index (κ2) is 55.7. The highest BCUT2D eigenvalue weighted by Gasteiger charge is 2.19. The van der Waals surface area contributed by atoms with E-state index in [4.69, 9.17) is 14.2 Å². The molecule has 0 radical (unpaired) electrons. The van der Waals surface area contributed by atoms with E-state index >= 15 is 0 Å². The largest absolute Gasteiger partial charge is 0.462 e. The molecule has 0 heterocycles. The van der Waals surface area contributed by atoms with Gasteiger partial charge >= 0.3 is 17.9 Å². The van der Waals surface area contributed by atoms with E-state index in [1.807, 2.05) is 0 Å². The van der Waals surface area contributed by atoms with Gasteiger partial charge in [-0.05, 0) is 31.1 Å². The molecule has 69 heavy (non-hydrogen) atoms. The summed E-state index contributed by atoms with van der Waals surface area (Å²) in [6.45, 7) is 11.4. The van der Waals surface area contributed by atoms with Gasteiger partial charge in [-0.15, -0.1) is 0 Å². The van der Waals surface area contributed by atoms with E-state index in [2.05, 4.69) is 34.6 Å². The molecule has 6 heteroatoms. The minimum Gasteiger partial charge on any atom is -0.462 e. The maximum absolute atomic E-state index is 12.9. The molecule has 0 N–H and O–H groups in total. The van der Waals surface area contributed by atoms with Gasteiger partial charge < -0.3 is 14.2 Å². The Labute approximate surface area is 431 Å². The van der Waals surface area contributed by atoms with Crippen LogP contribution in [0.5, 0.6) is 0 Å². The molecule has 0 aromatic rings. The number of ether oxygens (including phenoxy) is 3. The third kappa shape index (κ3) is 54.0.